The molecule has 1 aromatic heterocycles. The fourth-order valence-corrected chi connectivity index (χ4v) is 2.25. The number of aromatic nitrogens is 2. The van der Waals surface area contributed by atoms with Crippen molar-refractivity contribution in [1.29, 1.82) is 0 Å². The van der Waals surface area contributed by atoms with Crippen LogP contribution in [-0.2, 0) is 20.1 Å². The summed E-state index contributed by atoms with van der Waals surface area (Å²) >= 11 is 3.39. The van der Waals surface area contributed by atoms with Gasteiger partial charge in [-0.25, -0.2) is 0 Å². The highest BCUT2D eigenvalue weighted by molar-refractivity contribution is 9.10. The normalized spacial score (nSPS) is 10.5. The number of rotatable bonds is 5. The van der Waals surface area contributed by atoms with Gasteiger partial charge in [-0.15, -0.1) is 0 Å². The minimum absolute atomic E-state index is 0.447. The Morgan fingerprint density at radius 1 is 1.42 bits per heavy atom. The second-order valence-electron chi connectivity index (χ2n) is 4.20. The molecule has 19 heavy (non-hydrogen) atoms. The Bertz CT molecular complexity index is 593. The van der Waals surface area contributed by atoms with E-state index in [1.54, 1.807) is 18.2 Å². The van der Waals surface area contributed by atoms with Crippen molar-refractivity contribution >= 4 is 22.2 Å². The standard InChI is InChI=1S/C14H15BrN2O2/c1-3-11-7-12(17(2)16-11)9-19-14-5-4-10(8-18)6-13(14)15/h4-8H,3,9H2,1-2H3. The topological polar surface area (TPSA) is 44.1 Å². The summed E-state index contributed by atoms with van der Waals surface area (Å²) in [5.41, 5.74) is 2.69. The van der Waals surface area contributed by atoms with Gasteiger partial charge in [0.2, 0.25) is 0 Å². The van der Waals surface area contributed by atoms with E-state index in [4.69, 9.17) is 4.74 Å². The maximum Gasteiger partial charge on any atom is 0.150 e. The molecular weight excluding hydrogens is 308 g/mol. The Kier molecular flexibility index (Phi) is 4.37. The summed E-state index contributed by atoms with van der Waals surface area (Å²) in [6, 6.07) is 7.29. The average Bonchev–Trinajstić information content (AvgIpc) is 2.78. The molecule has 0 radical (unpaired) electrons. The highest BCUT2D eigenvalue weighted by Crippen LogP contribution is 2.26. The first-order valence-electron chi connectivity index (χ1n) is 6.03. The van der Waals surface area contributed by atoms with Crippen LogP contribution < -0.4 is 4.74 Å². The van der Waals surface area contributed by atoms with Crippen LogP contribution in [0, 0.1) is 0 Å². The molecule has 0 unspecified atom stereocenters. The molecule has 1 aromatic carbocycles. The van der Waals surface area contributed by atoms with Crippen LogP contribution in [0.2, 0.25) is 0 Å². The Labute approximate surface area is 120 Å². The van der Waals surface area contributed by atoms with Crippen molar-refractivity contribution in [3.8, 4) is 5.75 Å². The van der Waals surface area contributed by atoms with Gasteiger partial charge in [0, 0.05) is 12.6 Å². The lowest BCUT2D eigenvalue weighted by Crippen LogP contribution is -2.03. The number of aryl methyl sites for hydroxylation is 2. The number of aldehydes is 1. The van der Waals surface area contributed by atoms with Crippen LogP contribution in [0.5, 0.6) is 5.75 Å². The maximum atomic E-state index is 10.7. The van der Waals surface area contributed by atoms with E-state index in [0.29, 0.717) is 17.9 Å². The molecule has 0 saturated carbocycles. The SMILES string of the molecule is CCc1cc(COc2ccc(C=O)cc2Br)n(C)n1. The number of nitrogens with zero attached hydrogens (tertiary/aromatic N) is 2. The fraction of sp³-hybridized carbons (Fsp3) is 0.286. The monoisotopic (exact) mass is 322 g/mol. The summed E-state index contributed by atoms with van der Waals surface area (Å²) in [5, 5.41) is 4.37. The average molecular weight is 323 g/mol. The van der Waals surface area contributed by atoms with Crippen LogP contribution in [0.4, 0.5) is 0 Å². The third-order valence-electron chi connectivity index (χ3n) is 2.86. The maximum absolute atomic E-state index is 10.7. The predicted molar refractivity (Wildman–Crippen MR) is 76.4 cm³/mol. The Hall–Kier alpha value is -1.62. The summed E-state index contributed by atoms with van der Waals surface area (Å²) in [6.45, 7) is 2.52. The van der Waals surface area contributed by atoms with Crippen molar-refractivity contribution < 1.29 is 9.53 Å². The molecule has 0 amide bonds. The Balaban J connectivity index is 2.09. The molecule has 0 atom stereocenters. The summed E-state index contributed by atoms with van der Waals surface area (Å²) < 4.78 is 8.34. The largest absolute Gasteiger partial charge is 0.486 e. The first-order valence-corrected chi connectivity index (χ1v) is 6.82. The van der Waals surface area contributed by atoms with Crippen molar-refractivity contribution in [2.24, 2.45) is 7.05 Å². The van der Waals surface area contributed by atoms with Gasteiger partial charge in [0.05, 0.1) is 15.9 Å². The van der Waals surface area contributed by atoms with Crippen molar-refractivity contribution in [3.63, 3.8) is 0 Å². The predicted octanol–water partition coefficient (Wildman–Crippen LogP) is 3.14. The molecule has 2 rings (SSSR count). The Morgan fingerprint density at radius 2 is 2.21 bits per heavy atom. The second-order valence-corrected chi connectivity index (χ2v) is 5.05. The van der Waals surface area contributed by atoms with Gasteiger partial charge in [-0.1, -0.05) is 6.92 Å². The number of halogens is 1. The van der Waals surface area contributed by atoms with E-state index >= 15 is 0 Å². The molecule has 0 aliphatic carbocycles. The summed E-state index contributed by atoms with van der Waals surface area (Å²) in [5.74, 6) is 0.713. The molecule has 0 aliphatic rings. The van der Waals surface area contributed by atoms with Crippen LogP contribution in [-0.4, -0.2) is 16.1 Å². The van der Waals surface area contributed by atoms with E-state index in [-0.39, 0.29) is 0 Å². The van der Waals surface area contributed by atoms with Crippen molar-refractivity contribution in [3.05, 3.63) is 45.7 Å². The number of benzene rings is 1. The molecule has 0 spiro atoms. The molecule has 1 heterocycles. The lowest BCUT2D eigenvalue weighted by atomic mass is 10.2. The fourth-order valence-electron chi connectivity index (χ4n) is 1.74. The molecule has 0 saturated heterocycles. The zero-order valence-corrected chi connectivity index (χ0v) is 12.5. The van der Waals surface area contributed by atoms with Gasteiger partial charge in [-0.2, -0.15) is 5.10 Å². The summed E-state index contributed by atoms with van der Waals surface area (Å²) in [4.78, 5) is 10.7. The van der Waals surface area contributed by atoms with Crippen LogP contribution in [0.1, 0.15) is 28.7 Å². The summed E-state index contributed by atoms with van der Waals surface area (Å²) in [7, 11) is 1.91. The van der Waals surface area contributed by atoms with Gasteiger partial charge in [0.1, 0.15) is 18.6 Å². The molecule has 0 N–H and O–H groups in total. The smallest absolute Gasteiger partial charge is 0.150 e. The highest BCUT2D eigenvalue weighted by Gasteiger charge is 2.07. The van der Waals surface area contributed by atoms with Crippen LogP contribution in [0.25, 0.3) is 0 Å². The van der Waals surface area contributed by atoms with E-state index in [0.717, 1.165) is 28.6 Å². The summed E-state index contributed by atoms with van der Waals surface area (Å²) in [6.07, 6.45) is 1.72. The zero-order valence-electron chi connectivity index (χ0n) is 10.9. The number of carbonyl (C=O) groups is 1. The van der Waals surface area contributed by atoms with Gasteiger partial charge < -0.3 is 4.74 Å². The number of hydrogen-bond donors (Lipinski definition) is 0. The minimum atomic E-state index is 0.447. The quantitative estimate of drug-likeness (QED) is 0.794. The molecule has 5 heteroatoms. The van der Waals surface area contributed by atoms with Gasteiger partial charge in [-0.05, 0) is 46.6 Å². The molecule has 0 bridgehead atoms. The molecule has 4 nitrogen and oxygen atoms in total. The van der Waals surface area contributed by atoms with Gasteiger partial charge in [0.25, 0.3) is 0 Å². The minimum Gasteiger partial charge on any atom is -0.486 e. The van der Waals surface area contributed by atoms with Gasteiger partial charge in [-0.3, -0.25) is 9.48 Å². The first kappa shape index (κ1) is 13.8. The van der Waals surface area contributed by atoms with Crippen molar-refractivity contribution in [1.82, 2.24) is 9.78 Å². The van der Waals surface area contributed by atoms with Crippen LogP contribution >= 0.6 is 15.9 Å². The van der Waals surface area contributed by atoms with Crippen molar-refractivity contribution in [2.45, 2.75) is 20.0 Å². The lowest BCUT2D eigenvalue weighted by Gasteiger charge is -2.08. The van der Waals surface area contributed by atoms with Crippen LogP contribution in [0.3, 0.4) is 0 Å². The van der Waals surface area contributed by atoms with Crippen LogP contribution in [0.15, 0.2) is 28.7 Å². The molecule has 0 fully saturated rings. The number of ether oxygens (including phenoxy) is 1. The van der Waals surface area contributed by atoms with Gasteiger partial charge >= 0.3 is 0 Å². The molecule has 2 aromatic rings. The number of carbonyl (C=O) groups excluding carboxylic acids is 1. The first-order chi connectivity index (χ1) is 9.13. The Morgan fingerprint density at radius 3 is 2.79 bits per heavy atom. The zero-order chi connectivity index (χ0) is 13.8. The molecule has 0 aliphatic heterocycles. The van der Waals surface area contributed by atoms with Gasteiger partial charge in [0.15, 0.2) is 0 Å². The molecular formula is C14H15BrN2O2. The van der Waals surface area contributed by atoms with Crippen molar-refractivity contribution in [2.75, 3.05) is 0 Å². The molecule has 100 valence electrons. The third kappa shape index (κ3) is 3.23. The van der Waals surface area contributed by atoms with E-state index < -0.39 is 0 Å². The lowest BCUT2D eigenvalue weighted by molar-refractivity contribution is 0.112. The highest BCUT2D eigenvalue weighted by atomic mass is 79.9. The van der Waals surface area contributed by atoms with E-state index in [9.17, 15) is 4.79 Å². The van der Waals surface area contributed by atoms with E-state index in [1.807, 2.05) is 17.8 Å². The number of hydrogen-bond acceptors (Lipinski definition) is 3. The van der Waals surface area contributed by atoms with E-state index in [2.05, 4.69) is 28.0 Å². The third-order valence-corrected chi connectivity index (χ3v) is 3.48. The second kappa shape index (κ2) is 6.02. The van der Waals surface area contributed by atoms with E-state index in [1.165, 1.54) is 0 Å².